The Bertz CT molecular complexity index is 1580. The molecule has 3 aliphatic rings. The minimum absolute atomic E-state index is 0.811. The molecule has 3 aromatic carbocycles. The number of aryl methyl sites for hydroxylation is 2. The van der Waals surface area contributed by atoms with Crippen LogP contribution in [0.25, 0.3) is 0 Å². The number of thioether (sulfide) groups is 3. The number of unbranched alkanes of at least 4 members (excludes halogenated alkanes) is 11. The highest BCUT2D eigenvalue weighted by Gasteiger charge is 2.46. The summed E-state index contributed by atoms with van der Waals surface area (Å²) in [4.78, 5) is 0. The van der Waals surface area contributed by atoms with E-state index in [9.17, 15) is 0 Å². The van der Waals surface area contributed by atoms with Gasteiger partial charge in [0.25, 0.3) is 0 Å². The number of hydrogen-bond donors (Lipinski definition) is 0. The highest BCUT2D eigenvalue weighted by Crippen LogP contribution is 2.55. The molecular weight excluding hydrogens is 768 g/mol. The molecule has 0 aromatic heterocycles. The average molecular weight is 837 g/mol. The summed E-state index contributed by atoms with van der Waals surface area (Å²) in [6.45, 7) is 1.78. The SMILES string of the molecule is CCCCCCC1SC1CCCCCCCc1cccc(OP(=S)(Oc2cccc(CCCCCCCC3SC3CC3SC3CCC)c2)c2ccccc2)c1. The van der Waals surface area contributed by atoms with Gasteiger partial charge >= 0.3 is 6.49 Å². The second-order valence-corrected chi connectivity index (χ2v) is 24.2. The lowest BCUT2D eigenvalue weighted by Crippen LogP contribution is -2.14. The Morgan fingerprint density at radius 1 is 0.473 bits per heavy atom. The molecule has 2 nitrogen and oxygen atoms in total. The third-order valence-corrected chi connectivity index (χ3v) is 19.0. The van der Waals surface area contributed by atoms with Crippen molar-refractivity contribution in [2.45, 2.75) is 187 Å². The Kier molecular flexibility index (Phi) is 18.6. The summed E-state index contributed by atoms with van der Waals surface area (Å²) in [6, 6.07) is 27.3. The molecule has 7 atom stereocenters. The standard InChI is InChI=1S/C48H69O2PS4/c1-3-5-6-18-32-44-45(53-44)33-19-11-7-9-14-24-38-26-21-28-40(35-38)49-51(52,42-30-16-13-17-31-42)50-41-29-22-27-39(36-41)25-15-10-8-12-20-34-46-48(55-46)37-47-43(54-47)23-4-2/h13,16-17,21-22,26-31,35-36,43-48H,3-12,14-15,18-20,23-25,32-34,37H2,1-2H3. The monoisotopic (exact) mass is 836 g/mol. The minimum atomic E-state index is -2.85. The van der Waals surface area contributed by atoms with E-state index in [1.807, 2.05) is 30.3 Å². The smallest absolute Gasteiger partial charge is 0.319 e. The van der Waals surface area contributed by atoms with Gasteiger partial charge in [0.15, 0.2) is 0 Å². The van der Waals surface area contributed by atoms with Gasteiger partial charge in [0.05, 0.1) is 5.30 Å². The van der Waals surface area contributed by atoms with Gasteiger partial charge in [0.1, 0.15) is 11.5 Å². The van der Waals surface area contributed by atoms with Crippen LogP contribution < -0.4 is 14.4 Å². The molecule has 3 fully saturated rings. The molecule has 0 radical (unpaired) electrons. The lowest BCUT2D eigenvalue weighted by atomic mass is 10.0. The summed E-state index contributed by atoms with van der Waals surface area (Å²) in [5, 5.41) is 6.82. The normalized spacial score (nSPS) is 23.6. The van der Waals surface area contributed by atoms with Crippen LogP contribution in [-0.2, 0) is 24.6 Å². The first kappa shape index (κ1) is 43.5. The van der Waals surface area contributed by atoms with Crippen LogP contribution in [-0.4, -0.2) is 31.5 Å². The van der Waals surface area contributed by atoms with Crippen molar-refractivity contribution < 1.29 is 9.05 Å². The van der Waals surface area contributed by atoms with Gasteiger partial charge in [-0.05, 0) is 117 Å². The molecule has 0 aliphatic carbocycles. The van der Waals surface area contributed by atoms with Crippen LogP contribution in [0.5, 0.6) is 11.5 Å². The summed E-state index contributed by atoms with van der Waals surface area (Å²) in [7, 11) is 0. The molecule has 3 aliphatic heterocycles. The van der Waals surface area contributed by atoms with E-state index in [0.29, 0.717) is 0 Å². The number of rotatable bonds is 30. The maximum absolute atomic E-state index is 6.71. The van der Waals surface area contributed by atoms with Crippen LogP contribution in [0.2, 0.25) is 0 Å². The fourth-order valence-electron chi connectivity index (χ4n) is 8.19. The summed E-state index contributed by atoms with van der Waals surface area (Å²) in [5.41, 5.74) is 2.64. The fraction of sp³-hybridized carbons (Fsp3) is 0.625. The first-order chi connectivity index (χ1) is 27.0. The van der Waals surface area contributed by atoms with Gasteiger partial charge in [-0.3, -0.25) is 0 Å². The lowest BCUT2D eigenvalue weighted by Gasteiger charge is -2.24. The minimum Gasteiger partial charge on any atom is -0.432 e. The van der Waals surface area contributed by atoms with E-state index in [1.54, 1.807) is 0 Å². The molecular formula is C48H69O2PS4. The van der Waals surface area contributed by atoms with Crippen molar-refractivity contribution in [2.75, 3.05) is 0 Å². The maximum Gasteiger partial charge on any atom is 0.319 e. The van der Waals surface area contributed by atoms with Gasteiger partial charge < -0.3 is 9.05 Å². The van der Waals surface area contributed by atoms with E-state index in [0.717, 1.165) is 61.1 Å². The molecule has 0 N–H and O–H groups in total. The van der Waals surface area contributed by atoms with Crippen LogP contribution in [0.3, 0.4) is 0 Å². The van der Waals surface area contributed by atoms with E-state index in [-0.39, 0.29) is 0 Å². The summed E-state index contributed by atoms with van der Waals surface area (Å²) >= 11 is 13.1. The first-order valence-electron chi connectivity index (χ1n) is 22.2. The van der Waals surface area contributed by atoms with E-state index in [4.69, 9.17) is 20.9 Å². The summed E-state index contributed by atoms with van der Waals surface area (Å²) in [6.07, 6.45) is 29.6. The van der Waals surface area contributed by atoms with Crippen molar-refractivity contribution in [1.29, 1.82) is 0 Å². The topological polar surface area (TPSA) is 18.5 Å². The lowest BCUT2D eigenvalue weighted by molar-refractivity contribution is 0.497. The zero-order chi connectivity index (χ0) is 38.1. The van der Waals surface area contributed by atoms with E-state index in [2.05, 4.69) is 97.7 Å². The van der Waals surface area contributed by atoms with Gasteiger partial charge in [-0.15, -0.1) is 0 Å². The Labute approximate surface area is 353 Å². The van der Waals surface area contributed by atoms with Crippen LogP contribution in [0.1, 0.15) is 153 Å². The zero-order valence-corrected chi connectivity index (χ0v) is 38.1. The Morgan fingerprint density at radius 3 is 1.45 bits per heavy atom. The molecule has 302 valence electrons. The Balaban J connectivity index is 0.883. The van der Waals surface area contributed by atoms with Crippen LogP contribution >= 0.6 is 41.8 Å². The molecule has 0 spiro atoms. The molecule has 6 rings (SSSR count). The van der Waals surface area contributed by atoms with Crippen molar-refractivity contribution >= 4 is 58.9 Å². The van der Waals surface area contributed by atoms with E-state index >= 15 is 0 Å². The van der Waals surface area contributed by atoms with Crippen LogP contribution in [0.15, 0.2) is 78.9 Å². The molecule has 55 heavy (non-hydrogen) atoms. The predicted molar refractivity (Wildman–Crippen MR) is 251 cm³/mol. The Morgan fingerprint density at radius 2 is 0.927 bits per heavy atom. The zero-order valence-electron chi connectivity index (χ0n) is 33.9. The van der Waals surface area contributed by atoms with Gasteiger partial charge in [0.2, 0.25) is 0 Å². The van der Waals surface area contributed by atoms with Crippen LogP contribution in [0, 0.1) is 0 Å². The molecule has 0 bridgehead atoms. The molecule has 3 heterocycles. The van der Waals surface area contributed by atoms with Gasteiger partial charge in [-0.1, -0.05) is 140 Å². The third-order valence-electron chi connectivity index (χ3n) is 11.7. The van der Waals surface area contributed by atoms with Crippen molar-refractivity contribution in [1.82, 2.24) is 0 Å². The molecule has 0 amide bonds. The highest BCUT2D eigenvalue weighted by atomic mass is 32.5. The molecule has 7 heteroatoms. The quantitative estimate of drug-likeness (QED) is 0.0376. The summed E-state index contributed by atoms with van der Waals surface area (Å²) in [5.74, 6) is 1.62. The second kappa shape index (κ2) is 23.5. The third kappa shape index (κ3) is 15.6. The van der Waals surface area contributed by atoms with Crippen molar-refractivity contribution in [3.05, 3.63) is 90.0 Å². The predicted octanol–water partition coefficient (Wildman–Crippen LogP) is 15.2. The fourth-order valence-corrected chi connectivity index (χ4v) is 14.5. The van der Waals surface area contributed by atoms with Crippen molar-refractivity contribution in [2.24, 2.45) is 0 Å². The maximum atomic E-state index is 6.71. The van der Waals surface area contributed by atoms with E-state index < -0.39 is 6.49 Å². The summed E-state index contributed by atoms with van der Waals surface area (Å²) < 4.78 is 13.4. The van der Waals surface area contributed by atoms with Gasteiger partial charge in [-0.25, -0.2) is 0 Å². The Hall–Kier alpha value is -1.04. The van der Waals surface area contributed by atoms with Crippen molar-refractivity contribution in [3.63, 3.8) is 0 Å². The van der Waals surface area contributed by atoms with Crippen molar-refractivity contribution in [3.8, 4) is 11.5 Å². The second-order valence-electron chi connectivity index (χ2n) is 16.4. The van der Waals surface area contributed by atoms with Gasteiger partial charge in [-0.2, -0.15) is 35.3 Å². The molecule has 3 aromatic rings. The average Bonchev–Trinajstić information content (AvgIpc) is 4.14. The first-order valence-corrected chi connectivity index (χ1v) is 27.7. The molecule has 3 saturated heterocycles. The van der Waals surface area contributed by atoms with Gasteiger partial charge in [0, 0.05) is 31.5 Å². The highest BCUT2D eigenvalue weighted by molar-refractivity contribution is 8.13. The number of hydrogen-bond acceptors (Lipinski definition) is 6. The van der Waals surface area contributed by atoms with Crippen LogP contribution in [0.4, 0.5) is 0 Å². The number of benzene rings is 3. The van der Waals surface area contributed by atoms with E-state index in [1.165, 1.54) is 140 Å². The molecule has 0 saturated carbocycles. The molecule has 7 unspecified atom stereocenters. The largest absolute Gasteiger partial charge is 0.432 e.